The Balaban J connectivity index is 1.46. The highest BCUT2D eigenvalue weighted by Gasteiger charge is 2.70. The molecule has 3 fully saturated rings. The molecule has 10 heteroatoms. The molecule has 3 aromatic rings. The van der Waals surface area contributed by atoms with E-state index >= 15 is 4.79 Å². The summed E-state index contributed by atoms with van der Waals surface area (Å²) in [5.41, 5.74) is 6.57. The second-order valence-electron chi connectivity index (χ2n) is 13.1. The molecule has 0 bridgehead atoms. The number of rotatable bonds is 4. The Labute approximate surface area is 272 Å². The highest BCUT2D eigenvalue weighted by molar-refractivity contribution is 6.16. The van der Waals surface area contributed by atoms with E-state index in [-0.39, 0.29) is 18.6 Å². The van der Waals surface area contributed by atoms with Crippen LogP contribution < -0.4 is 5.43 Å². The number of phenols is 1. The number of phenolic OH excluding ortho intramolecular Hbond substituents is 1. The Bertz CT molecular complexity index is 1860. The first kappa shape index (κ1) is 30.4. The number of hydrogen-bond acceptors (Lipinski definition) is 8. The molecule has 2 aliphatic heterocycles. The van der Waals surface area contributed by atoms with Crippen molar-refractivity contribution in [2.75, 3.05) is 12.5 Å². The van der Waals surface area contributed by atoms with Crippen LogP contribution in [-0.4, -0.2) is 51.8 Å². The molecule has 5 amide bonds. The number of aryl methyl sites for hydroxylation is 3. The van der Waals surface area contributed by atoms with Gasteiger partial charge in [0.05, 0.1) is 36.0 Å². The maximum atomic E-state index is 15.1. The number of hydrogen-bond donors (Lipinski definition) is 2. The summed E-state index contributed by atoms with van der Waals surface area (Å²) in [6, 6.07) is 20.3. The summed E-state index contributed by atoms with van der Waals surface area (Å²) >= 11 is 0. The van der Waals surface area contributed by atoms with Crippen molar-refractivity contribution in [1.29, 1.82) is 0 Å². The lowest BCUT2D eigenvalue weighted by Gasteiger charge is -2.50. The standard InChI is InChI=1S/C37H35N3O7/c1-19-10-12-24(13-11-19)38-40-33(43)28-18-27-25(14-15-26-29(27)34(44)39(32(26)42)36(46)47-4)30(22-16-20(2)31(41)21(3)17-22)37(28,35(40)45)23-8-6-5-7-9-23/h5-14,16-17,26-30,38,41H,15,18H2,1-4H3. The molecule has 2 heterocycles. The molecule has 2 saturated heterocycles. The molecule has 0 spiro atoms. The zero-order valence-electron chi connectivity index (χ0n) is 26.5. The summed E-state index contributed by atoms with van der Waals surface area (Å²) in [7, 11) is 1.12. The molecule has 47 heavy (non-hydrogen) atoms. The number of fused-ring (bicyclic) bond motifs is 4. The van der Waals surface area contributed by atoms with Crippen LogP contribution in [0.2, 0.25) is 0 Å². The number of nitrogens with zero attached hydrogens (tertiary/aromatic N) is 2. The van der Waals surface area contributed by atoms with Crippen LogP contribution >= 0.6 is 0 Å². The van der Waals surface area contributed by atoms with Crippen LogP contribution in [0.1, 0.15) is 46.6 Å². The summed E-state index contributed by atoms with van der Waals surface area (Å²) in [6.45, 7) is 5.51. The predicted molar refractivity (Wildman–Crippen MR) is 171 cm³/mol. The van der Waals surface area contributed by atoms with Crippen LogP contribution in [0.15, 0.2) is 78.4 Å². The summed E-state index contributed by atoms with van der Waals surface area (Å²) in [5.74, 6) is -5.99. The number of allylic oxidation sites excluding steroid dienone is 2. The van der Waals surface area contributed by atoms with Gasteiger partial charge in [0, 0.05) is 5.92 Å². The van der Waals surface area contributed by atoms with Gasteiger partial charge in [-0.15, -0.1) is 0 Å². The molecule has 240 valence electrons. The van der Waals surface area contributed by atoms with Crippen molar-refractivity contribution in [3.05, 3.63) is 106 Å². The number of benzene rings is 3. The Kier molecular flexibility index (Phi) is 7.07. The molecule has 0 radical (unpaired) electrons. The van der Waals surface area contributed by atoms with E-state index in [0.29, 0.717) is 32.8 Å². The summed E-state index contributed by atoms with van der Waals surface area (Å²) in [6.07, 6.45) is 1.19. The Morgan fingerprint density at radius 1 is 0.894 bits per heavy atom. The summed E-state index contributed by atoms with van der Waals surface area (Å²) < 4.78 is 4.79. The number of carbonyl (C=O) groups excluding carboxylic acids is 5. The molecule has 4 aliphatic rings. The average Bonchev–Trinajstić information content (AvgIpc) is 3.45. The third-order valence-electron chi connectivity index (χ3n) is 10.6. The molecular formula is C37H35N3O7. The van der Waals surface area contributed by atoms with Crippen LogP contribution in [0.4, 0.5) is 10.5 Å². The minimum atomic E-state index is -1.42. The number of aromatic hydroxyl groups is 1. The van der Waals surface area contributed by atoms with E-state index in [0.717, 1.165) is 23.3 Å². The lowest BCUT2D eigenvalue weighted by Crippen LogP contribution is -2.53. The lowest BCUT2D eigenvalue weighted by atomic mass is 9.49. The van der Waals surface area contributed by atoms with Crippen LogP contribution in [0.5, 0.6) is 5.75 Å². The van der Waals surface area contributed by atoms with Crippen LogP contribution in [0.3, 0.4) is 0 Å². The molecule has 0 aromatic heterocycles. The van der Waals surface area contributed by atoms with Crippen LogP contribution in [0.25, 0.3) is 0 Å². The SMILES string of the molecule is COC(=O)N1C(=O)C2CC=C3C(CC4C(=O)N(Nc5ccc(C)cc5)C(=O)C4(c4ccccc4)C3c3cc(C)c(O)c(C)c3)C2C1=O. The minimum Gasteiger partial charge on any atom is -0.507 e. The van der Waals surface area contributed by atoms with Crippen molar-refractivity contribution >= 4 is 35.4 Å². The summed E-state index contributed by atoms with van der Waals surface area (Å²) in [5, 5.41) is 11.9. The van der Waals surface area contributed by atoms with E-state index in [1.54, 1.807) is 26.0 Å². The maximum absolute atomic E-state index is 15.1. The molecule has 6 atom stereocenters. The van der Waals surface area contributed by atoms with Crippen LogP contribution in [-0.2, 0) is 29.3 Å². The molecule has 7 rings (SSSR count). The van der Waals surface area contributed by atoms with Crippen molar-refractivity contribution < 1.29 is 33.8 Å². The van der Waals surface area contributed by atoms with Gasteiger partial charge in [-0.1, -0.05) is 71.8 Å². The molecule has 2 aliphatic carbocycles. The fourth-order valence-corrected chi connectivity index (χ4v) is 8.55. The Morgan fingerprint density at radius 2 is 1.55 bits per heavy atom. The van der Waals surface area contributed by atoms with Crippen molar-refractivity contribution in [1.82, 2.24) is 9.91 Å². The number of methoxy groups -OCH3 is 1. The van der Waals surface area contributed by atoms with Gasteiger partial charge < -0.3 is 9.84 Å². The fourth-order valence-electron chi connectivity index (χ4n) is 8.55. The zero-order valence-corrected chi connectivity index (χ0v) is 26.5. The average molecular weight is 634 g/mol. The Morgan fingerprint density at radius 3 is 2.19 bits per heavy atom. The zero-order chi connectivity index (χ0) is 33.4. The first-order valence-corrected chi connectivity index (χ1v) is 15.7. The molecule has 1 saturated carbocycles. The van der Waals surface area contributed by atoms with Gasteiger partial charge in [0.1, 0.15) is 5.75 Å². The minimum absolute atomic E-state index is 0.110. The van der Waals surface area contributed by atoms with Gasteiger partial charge in [0.2, 0.25) is 11.8 Å². The number of anilines is 1. The van der Waals surface area contributed by atoms with Crippen molar-refractivity contribution in [2.45, 2.75) is 44.9 Å². The van der Waals surface area contributed by atoms with Crippen LogP contribution in [0, 0.1) is 44.4 Å². The molecular weight excluding hydrogens is 598 g/mol. The van der Waals surface area contributed by atoms with E-state index in [4.69, 9.17) is 4.74 Å². The number of carbonyl (C=O) groups is 5. The lowest BCUT2D eigenvalue weighted by molar-refractivity contribution is -0.140. The summed E-state index contributed by atoms with van der Waals surface area (Å²) in [4.78, 5) is 70.3. The van der Waals surface area contributed by atoms with E-state index in [2.05, 4.69) is 5.43 Å². The second kappa shape index (κ2) is 10.9. The van der Waals surface area contributed by atoms with Crippen molar-refractivity contribution in [2.24, 2.45) is 23.7 Å². The van der Waals surface area contributed by atoms with Gasteiger partial charge in [-0.3, -0.25) is 24.6 Å². The highest BCUT2D eigenvalue weighted by atomic mass is 16.5. The number of nitrogens with one attached hydrogen (secondary N) is 1. The Hall–Kier alpha value is -5.25. The number of hydrazine groups is 1. The largest absolute Gasteiger partial charge is 0.507 e. The van der Waals surface area contributed by atoms with Gasteiger partial charge in [0.25, 0.3) is 11.8 Å². The van der Waals surface area contributed by atoms with Crippen molar-refractivity contribution in [3.63, 3.8) is 0 Å². The third-order valence-corrected chi connectivity index (χ3v) is 10.6. The van der Waals surface area contributed by atoms with Gasteiger partial charge in [-0.05, 0) is 73.9 Å². The maximum Gasteiger partial charge on any atom is 0.423 e. The number of amides is 5. The highest BCUT2D eigenvalue weighted by Crippen LogP contribution is 2.64. The third kappa shape index (κ3) is 4.27. The van der Waals surface area contributed by atoms with E-state index in [9.17, 15) is 24.3 Å². The number of likely N-dealkylation sites (tertiary alicyclic amines) is 1. The first-order chi connectivity index (χ1) is 22.5. The monoisotopic (exact) mass is 633 g/mol. The van der Waals surface area contributed by atoms with Gasteiger partial charge in [-0.25, -0.2) is 4.79 Å². The molecule has 2 N–H and O–H groups in total. The fraction of sp³-hybridized carbons (Fsp3) is 0.324. The van der Waals surface area contributed by atoms with Gasteiger partial charge in [-0.2, -0.15) is 9.91 Å². The first-order valence-electron chi connectivity index (χ1n) is 15.7. The van der Waals surface area contributed by atoms with Crippen molar-refractivity contribution in [3.8, 4) is 5.75 Å². The smallest absolute Gasteiger partial charge is 0.423 e. The number of ether oxygens (including phenoxy) is 1. The number of imide groups is 4. The second-order valence-corrected chi connectivity index (χ2v) is 13.1. The van der Waals surface area contributed by atoms with E-state index in [1.165, 1.54) is 0 Å². The molecule has 6 unspecified atom stereocenters. The van der Waals surface area contributed by atoms with E-state index in [1.807, 2.05) is 67.6 Å². The van der Waals surface area contributed by atoms with Gasteiger partial charge >= 0.3 is 6.09 Å². The van der Waals surface area contributed by atoms with Gasteiger partial charge in [0.15, 0.2) is 0 Å². The molecule has 3 aromatic carbocycles. The predicted octanol–water partition coefficient (Wildman–Crippen LogP) is 5.07. The normalized spacial score (nSPS) is 28.1. The molecule has 10 nitrogen and oxygen atoms in total. The quantitative estimate of drug-likeness (QED) is 0.301. The topological polar surface area (TPSA) is 133 Å². The van der Waals surface area contributed by atoms with E-state index < -0.39 is 64.7 Å².